The molecule has 1 aliphatic heterocycles. The second-order valence-electron chi connectivity index (χ2n) is 1.61. The lowest BCUT2D eigenvalue weighted by Gasteiger charge is -1.91. The molecule has 0 radical (unpaired) electrons. The van der Waals surface area contributed by atoms with E-state index in [4.69, 9.17) is 9.47 Å². The maximum Gasteiger partial charge on any atom is 0.135 e. The van der Waals surface area contributed by atoms with Crippen LogP contribution in [0.3, 0.4) is 0 Å². The molecule has 1 unspecified atom stereocenters. The molecule has 1 heterocycles. The van der Waals surface area contributed by atoms with E-state index in [9.17, 15) is 0 Å². The quantitative estimate of drug-likeness (QED) is 0.335. The highest BCUT2D eigenvalue weighted by atomic mass is 16.6. The fourth-order valence-corrected chi connectivity index (χ4v) is 0.414. The predicted octanol–water partition coefficient (Wildman–Crippen LogP) is -1.01. The van der Waals surface area contributed by atoms with Crippen LogP contribution in [-0.4, -0.2) is 33.7 Å². The fourth-order valence-electron chi connectivity index (χ4n) is 0.414. The summed E-state index contributed by atoms with van der Waals surface area (Å²) in [5.74, 6) is 0. The molecule has 2 nitrogen and oxygen atoms in total. The zero-order valence-corrected chi connectivity index (χ0v) is 4.52. The smallest absolute Gasteiger partial charge is 0.135 e. The van der Waals surface area contributed by atoms with Gasteiger partial charge in [-0.15, -0.1) is 0 Å². The maximum atomic E-state index is 5.03. The van der Waals surface area contributed by atoms with Crippen molar-refractivity contribution in [2.24, 2.45) is 0 Å². The second kappa shape index (κ2) is 2.33. The molecule has 3 heteroatoms. The predicted molar refractivity (Wildman–Crippen MR) is 29.1 cm³/mol. The minimum atomic E-state index is 0.431. The largest absolute Gasteiger partial charge is 0.388 e. The van der Waals surface area contributed by atoms with E-state index in [1.165, 1.54) is 0 Å². The Labute approximate surface area is 44.2 Å². The number of rotatable bonds is 3. The summed E-state index contributed by atoms with van der Waals surface area (Å²) in [4.78, 5) is 0. The van der Waals surface area contributed by atoms with Gasteiger partial charge in [0, 0.05) is 6.51 Å². The van der Waals surface area contributed by atoms with Crippen LogP contribution < -0.4 is 0 Å². The molecule has 0 N–H and O–H groups in total. The van der Waals surface area contributed by atoms with E-state index in [2.05, 4.69) is 0 Å². The van der Waals surface area contributed by atoms with Crippen molar-refractivity contribution in [1.29, 1.82) is 0 Å². The summed E-state index contributed by atoms with van der Waals surface area (Å²) in [7, 11) is 1.99. The lowest BCUT2D eigenvalue weighted by molar-refractivity contribution is 0.155. The van der Waals surface area contributed by atoms with E-state index in [1.54, 1.807) is 0 Å². The van der Waals surface area contributed by atoms with Crippen LogP contribution >= 0.6 is 0 Å². The van der Waals surface area contributed by atoms with Gasteiger partial charge in [-0.1, -0.05) is 0 Å². The van der Waals surface area contributed by atoms with Gasteiger partial charge in [0.25, 0.3) is 0 Å². The number of epoxide rings is 1. The zero-order valence-electron chi connectivity index (χ0n) is 4.52. The van der Waals surface area contributed by atoms with Crippen molar-refractivity contribution in [3.63, 3.8) is 0 Å². The van der Waals surface area contributed by atoms with Crippen LogP contribution in [0.25, 0.3) is 0 Å². The average Bonchev–Trinajstić information content (AvgIpc) is 2.42. The first-order chi connectivity index (χ1) is 3.43. The van der Waals surface area contributed by atoms with E-state index in [-0.39, 0.29) is 0 Å². The molecule has 1 saturated heterocycles. The van der Waals surface area contributed by atoms with Crippen molar-refractivity contribution >= 4 is 7.85 Å². The summed E-state index contributed by atoms with van der Waals surface area (Å²) >= 11 is 0. The van der Waals surface area contributed by atoms with E-state index >= 15 is 0 Å². The van der Waals surface area contributed by atoms with Crippen molar-refractivity contribution in [2.45, 2.75) is 6.10 Å². The first-order valence-corrected chi connectivity index (χ1v) is 2.63. The Morgan fingerprint density at radius 3 is 3.00 bits per heavy atom. The Hall–Kier alpha value is -0.0151. The van der Waals surface area contributed by atoms with Gasteiger partial charge in [0.1, 0.15) is 14.0 Å². The fraction of sp³-hybridized carbons (Fsp3) is 1.00. The Morgan fingerprint density at radius 2 is 2.57 bits per heavy atom. The Balaban J connectivity index is 1.80. The van der Waals surface area contributed by atoms with E-state index < -0.39 is 0 Å². The molecule has 0 bridgehead atoms. The van der Waals surface area contributed by atoms with Gasteiger partial charge < -0.3 is 9.47 Å². The summed E-state index contributed by atoms with van der Waals surface area (Å²) < 4.78 is 9.92. The molecule has 40 valence electrons. The first kappa shape index (κ1) is 5.13. The highest BCUT2D eigenvalue weighted by Crippen LogP contribution is 2.07. The molecule has 1 atom stereocenters. The van der Waals surface area contributed by atoms with Crippen molar-refractivity contribution in [3.8, 4) is 0 Å². The monoisotopic (exact) mass is 100 g/mol. The molecule has 1 rings (SSSR count). The molecule has 0 saturated carbocycles. The molecular formula is C4H9BO2. The third-order valence-corrected chi connectivity index (χ3v) is 0.910. The summed E-state index contributed by atoms with van der Waals surface area (Å²) in [5, 5.41) is 0. The van der Waals surface area contributed by atoms with Gasteiger partial charge in [0.05, 0.1) is 13.2 Å². The van der Waals surface area contributed by atoms with Gasteiger partial charge in [0.2, 0.25) is 0 Å². The molecule has 0 aliphatic carbocycles. The summed E-state index contributed by atoms with van der Waals surface area (Å²) in [5.41, 5.74) is 0. The molecule has 0 spiro atoms. The third kappa shape index (κ3) is 1.95. The normalized spacial score (nSPS) is 27.7. The summed E-state index contributed by atoms with van der Waals surface area (Å²) in [6, 6.07) is 0. The van der Waals surface area contributed by atoms with Crippen LogP contribution in [0.4, 0.5) is 0 Å². The SMILES string of the molecule is BCOCC1CO1. The van der Waals surface area contributed by atoms with Crippen LogP contribution in [0, 0.1) is 0 Å². The van der Waals surface area contributed by atoms with Gasteiger partial charge in [-0.05, 0) is 0 Å². The second-order valence-corrected chi connectivity index (χ2v) is 1.61. The lowest BCUT2D eigenvalue weighted by atomic mass is 10.2. The molecule has 0 aromatic heterocycles. The average molecular weight is 99.9 g/mol. The minimum absolute atomic E-state index is 0.431. The van der Waals surface area contributed by atoms with Crippen molar-refractivity contribution in [3.05, 3.63) is 0 Å². The molecule has 1 fully saturated rings. The maximum absolute atomic E-state index is 5.03. The van der Waals surface area contributed by atoms with Crippen LogP contribution in [0.15, 0.2) is 0 Å². The lowest BCUT2D eigenvalue weighted by Crippen LogP contribution is -2.01. The highest BCUT2D eigenvalue weighted by molar-refractivity contribution is 6.08. The summed E-state index contributed by atoms with van der Waals surface area (Å²) in [6.07, 6.45) is 0.431. The Bertz CT molecular complexity index is 53.7. The highest BCUT2D eigenvalue weighted by Gasteiger charge is 2.21. The summed E-state index contributed by atoms with van der Waals surface area (Å²) in [6.45, 7) is 2.50. The van der Waals surface area contributed by atoms with Crippen LogP contribution in [0.1, 0.15) is 0 Å². The number of hydrogen-bond acceptors (Lipinski definition) is 2. The van der Waals surface area contributed by atoms with Gasteiger partial charge in [-0.3, -0.25) is 0 Å². The van der Waals surface area contributed by atoms with Gasteiger partial charge in [-0.2, -0.15) is 0 Å². The zero-order chi connectivity index (χ0) is 5.11. The topological polar surface area (TPSA) is 21.8 Å². The Kier molecular flexibility index (Phi) is 1.71. The van der Waals surface area contributed by atoms with E-state index in [0.717, 1.165) is 19.7 Å². The van der Waals surface area contributed by atoms with Crippen LogP contribution in [-0.2, 0) is 9.47 Å². The van der Waals surface area contributed by atoms with Crippen molar-refractivity contribution < 1.29 is 9.47 Å². The number of hydrogen-bond donors (Lipinski definition) is 0. The first-order valence-electron chi connectivity index (χ1n) is 2.63. The van der Waals surface area contributed by atoms with Gasteiger partial charge in [-0.25, -0.2) is 0 Å². The minimum Gasteiger partial charge on any atom is -0.388 e. The molecule has 0 amide bonds. The molecular weight excluding hydrogens is 90.9 g/mol. The third-order valence-electron chi connectivity index (χ3n) is 0.910. The molecule has 7 heavy (non-hydrogen) atoms. The molecule has 0 aromatic carbocycles. The molecule has 0 aromatic rings. The van der Waals surface area contributed by atoms with Crippen LogP contribution in [0.2, 0.25) is 0 Å². The number of ether oxygens (including phenoxy) is 2. The van der Waals surface area contributed by atoms with Crippen molar-refractivity contribution in [1.82, 2.24) is 0 Å². The van der Waals surface area contributed by atoms with Gasteiger partial charge >= 0.3 is 0 Å². The van der Waals surface area contributed by atoms with Gasteiger partial charge in [0.15, 0.2) is 0 Å². The van der Waals surface area contributed by atoms with E-state index in [0.29, 0.717) is 6.10 Å². The molecule has 1 aliphatic rings. The van der Waals surface area contributed by atoms with Crippen molar-refractivity contribution in [2.75, 3.05) is 19.7 Å². The van der Waals surface area contributed by atoms with E-state index in [1.807, 2.05) is 7.85 Å². The standard InChI is InChI=1S/C4H9BO2/c5-3-6-1-4-2-7-4/h4H,1-3,5H2. The Morgan fingerprint density at radius 1 is 1.86 bits per heavy atom. The van der Waals surface area contributed by atoms with Crippen LogP contribution in [0.5, 0.6) is 0 Å².